The molecule has 1 aliphatic heterocycles. The molecule has 124 valence electrons. The molecule has 9 heteroatoms. The van der Waals surface area contributed by atoms with Crippen LogP contribution in [0.4, 0.5) is 0 Å². The average Bonchev–Trinajstić information content (AvgIpc) is 2.48. The van der Waals surface area contributed by atoms with Crippen molar-refractivity contribution in [2.75, 3.05) is 38.6 Å². The Morgan fingerprint density at radius 2 is 1.68 bits per heavy atom. The summed E-state index contributed by atoms with van der Waals surface area (Å²) in [5.41, 5.74) is 0.658. The first-order valence-corrected chi connectivity index (χ1v) is 10.2. The van der Waals surface area contributed by atoms with Gasteiger partial charge in [0, 0.05) is 19.6 Å². The molecule has 1 heterocycles. The van der Waals surface area contributed by atoms with Gasteiger partial charge in [-0.15, -0.1) is 0 Å². The highest BCUT2D eigenvalue weighted by molar-refractivity contribution is 7.89. The Balaban J connectivity index is 1.84. The Morgan fingerprint density at radius 1 is 1.05 bits per heavy atom. The molecule has 1 aromatic carbocycles. The zero-order valence-electron chi connectivity index (χ0n) is 12.1. The van der Waals surface area contributed by atoms with Gasteiger partial charge >= 0.3 is 0 Å². The summed E-state index contributed by atoms with van der Waals surface area (Å²) < 4.78 is 56.8. The standard InChI is InChI=1S/C13H20N2O5S2/c16-21(17,12-13-4-2-1-3-5-13)14-6-11-22(18,19)15-7-9-20-10-8-15/h1-5,14H,6-12H2. The molecule has 2 rings (SSSR count). The van der Waals surface area contributed by atoms with E-state index in [0.717, 1.165) is 0 Å². The predicted molar refractivity (Wildman–Crippen MR) is 83.2 cm³/mol. The first kappa shape index (κ1) is 17.4. The maximum Gasteiger partial charge on any atom is 0.215 e. The third-order valence-corrected chi connectivity index (χ3v) is 6.47. The number of hydrogen-bond donors (Lipinski definition) is 1. The number of rotatable bonds is 7. The van der Waals surface area contributed by atoms with E-state index in [1.807, 2.05) is 0 Å². The topological polar surface area (TPSA) is 92.8 Å². The molecule has 1 N–H and O–H groups in total. The van der Waals surface area contributed by atoms with Gasteiger partial charge in [0.15, 0.2) is 0 Å². The highest BCUT2D eigenvalue weighted by Crippen LogP contribution is 2.06. The summed E-state index contributed by atoms with van der Waals surface area (Å²) in [5, 5.41) is 0. The van der Waals surface area contributed by atoms with Crippen LogP contribution in [0, 0.1) is 0 Å². The van der Waals surface area contributed by atoms with Crippen LogP contribution in [0.5, 0.6) is 0 Å². The molecule has 0 saturated carbocycles. The first-order chi connectivity index (χ1) is 10.4. The van der Waals surface area contributed by atoms with Gasteiger partial charge in [-0.2, -0.15) is 4.31 Å². The van der Waals surface area contributed by atoms with Crippen LogP contribution >= 0.6 is 0 Å². The second kappa shape index (κ2) is 7.51. The fourth-order valence-electron chi connectivity index (χ4n) is 2.12. The molecule has 0 radical (unpaired) electrons. The lowest BCUT2D eigenvalue weighted by Crippen LogP contribution is -2.43. The van der Waals surface area contributed by atoms with Crippen LogP contribution in [0.25, 0.3) is 0 Å². The van der Waals surface area contributed by atoms with Gasteiger partial charge in [-0.05, 0) is 5.56 Å². The van der Waals surface area contributed by atoms with Crippen molar-refractivity contribution in [3.05, 3.63) is 35.9 Å². The molecule has 0 amide bonds. The number of hydrogen-bond acceptors (Lipinski definition) is 5. The number of sulfonamides is 2. The highest BCUT2D eigenvalue weighted by Gasteiger charge is 2.24. The largest absolute Gasteiger partial charge is 0.379 e. The second-order valence-electron chi connectivity index (χ2n) is 4.97. The van der Waals surface area contributed by atoms with Gasteiger partial charge in [-0.3, -0.25) is 0 Å². The van der Waals surface area contributed by atoms with E-state index < -0.39 is 20.0 Å². The molecule has 7 nitrogen and oxygen atoms in total. The van der Waals surface area contributed by atoms with Crippen molar-refractivity contribution < 1.29 is 21.6 Å². The Labute approximate surface area is 131 Å². The van der Waals surface area contributed by atoms with Crippen LogP contribution < -0.4 is 4.72 Å². The van der Waals surface area contributed by atoms with E-state index >= 15 is 0 Å². The van der Waals surface area contributed by atoms with Crippen LogP contribution in [0.2, 0.25) is 0 Å². The lowest BCUT2D eigenvalue weighted by Gasteiger charge is -2.26. The second-order valence-corrected chi connectivity index (χ2v) is 8.86. The Kier molecular flexibility index (Phi) is 5.93. The highest BCUT2D eigenvalue weighted by atomic mass is 32.2. The molecule has 0 bridgehead atoms. The average molecular weight is 348 g/mol. The zero-order valence-corrected chi connectivity index (χ0v) is 13.8. The van der Waals surface area contributed by atoms with Gasteiger partial charge < -0.3 is 4.74 Å². The third-order valence-electron chi connectivity index (χ3n) is 3.24. The fourth-order valence-corrected chi connectivity index (χ4v) is 4.72. The molecule has 0 unspecified atom stereocenters. The molecular formula is C13H20N2O5S2. The van der Waals surface area contributed by atoms with E-state index in [0.29, 0.717) is 31.9 Å². The SMILES string of the molecule is O=S(=O)(Cc1ccccc1)NCCS(=O)(=O)N1CCOCC1. The number of nitrogens with zero attached hydrogens (tertiary/aromatic N) is 1. The van der Waals surface area contributed by atoms with Gasteiger partial charge in [0.2, 0.25) is 20.0 Å². The minimum absolute atomic E-state index is 0.130. The number of benzene rings is 1. The lowest BCUT2D eigenvalue weighted by atomic mass is 10.2. The summed E-state index contributed by atoms with van der Waals surface area (Å²) in [6.45, 7) is 1.25. The zero-order chi connectivity index (χ0) is 16.1. The smallest absolute Gasteiger partial charge is 0.215 e. The molecule has 0 aromatic heterocycles. The van der Waals surface area contributed by atoms with E-state index in [2.05, 4.69) is 4.72 Å². The van der Waals surface area contributed by atoms with Gasteiger partial charge in [0.25, 0.3) is 0 Å². The minimum Gasteiger partial charge on any atom is -0.379 e. The van der Waals surface area contributed by atoms with Crippen molar-refractivity contribution >= 4 is 20.0 Å². The summed E-state index contributed by atoms with van der Waals surface area (Å²) in [6, 6.07) is 8.74. The van der Waals surface area contributed by atoms with Crippen molar-refractivity contribution in [2.45, 2.75) is 5.75 Å². The van der Waals surface area contributed by atoms with Crippen molar-refractivity contribution in [1.29, 1.82) is 0 Å². The van der Waals surface area contributed by atoms with Crippen LogP contribution in [0.15, 0.2) is 30.3 Å². The Bertz CT molecular complexity index is 668. The van der Waals surface area contributed by atoms with Crippen molar-refractivity contribution in [3.63, 3.8) is 0 Å². The van der Waals surface area contributed by atoms with E-state index in [1.165, 1.54) is 4.31 Å². The molecule has 1 aliphatic rings. The number of nitrogens with one attached hydrogen (secondary N) is 1. The van der Waals surface area contributed by atoms with E-state index in [9.17, 15) is 16.8 Å². The fraction of sp³-hybridized carbons (Fsp3) is 0.538. The Hall–Kier alpha value is -1.00. The molecule has 1 fully saturated rings. The van der Waals surface area contributed by atoms with Crippen LogP contribution in [-0.2, 0) is 30.5 Å². The van der Waals surface area contributed by atoms with Crippen molar-refractivity contribution in [2.24, 2.45) is 0 Å². The number of ether oxygens (including phenoxy) is 1. The normalized spacial score (nSPS) is 17.5. The van der Waals surface area contributed by atoms with E-state index in [1.54, 1.807) is 30.3 Å². The summed E-state index contributed by atoms with van der Waals surface area (Å²) in [4.78, 5) is 0. The molecule has 0 atom stereocenters. The van der Waals surface area contributed by atoms with Gasteiger partial charge in [-0.25, -0.2) is 21.6 Å². The van der Waals surface area contributed by atoms with Crippen LogP contribution in [0.3, 0.4) is 0 Å². The molecule has 1 saturated heterocycles. The number of morpholine rings is 1. The van der Waals surface area contributed by atoms with Crippen molar-refractivity contribution in [3.8, 4) is 0 Å². The minimum atomic E-state index is -3.55. The van der Waals surface area contributed by atoms with E-state index in [4.69, 9.17) is 4.74 Å². The molecule has 1 aromatic rings. The quantitative estimate of drug-likeness (QED) is 0.735. The first-order valence-electron chi connectivity index (χ1n) is 6.96. The maximum absolute atomic E-state index is 12.1. The maximum atomic E-state index is 12.1. The summed E-state index contributed by atoms with van der Waals surface area (Å²) in [6.07, 6.45) is 0. The Morgan fingerprint density at radius 3 is 2.32 bits per heavy atom. The van der Waals surface area contributed by atoms with E-state index in [-0.39, 0.29) is 18.1 Å². The summed E-state index contributed by atoms with van der Waals surface area (Å²) in [5.74, 6) is -0.410. The lowest BCUT2D eigenvalue weighted by molar-refractivity contribution is 0.0730. The van der Waals surface area contributed by atoms with Crippen molar-refractivity contribution in [1.82, 2.24) is 9.03 Å². The molecule has 22 heavy (non-hydrogen) atoms. The van der Waals surface area contributed by atoms with Crippen LogP contribution in [-0.4, -0.2) is 59.7 Å². The van der Waals surface area contributed by atoms with Gasteiger partial charge in [0.1, 0.15) is 0 Å². The van der Waals surface area contributed by atoms with Gasteiger partial charge in [-0.1, -0.05) is 30.3 Å². The molecule has 0 aliphatic carbocycles. The summed E-state index contributed by atoms with van der Waals surface area (Å²) in [7, 11) is -7.00. The molecular weight excluding hydrogens is 328 g/mol. The predicted octanol–water partition coefficient (Wildman–Crippen LogP) is -0.232. The summed E-state index contributed by atoms with van der Waals surface area (Å²) >= 11 is 0. The van der Waals surface area contributed by atoms with Gasteiger partial charge in [0.05, 0.1) is 24.7 Å². The van der Waals surface area contributed by atoms with Crippen LogP contribution in [0.1, 0.15) is 5.56 Å². The monoisotopic (exact) mass is 348 g/mol. The molecule has 0 spiro atoms. The third kappa shape index (κ3) is 5.33.